The van der Waals surface area contributed by atoms with E-state index >= 15 is 0 Å². The molecular formula is C12H18N2O2. The van der Waals surface area contributed by atoms with Crippen LogP contribution in [0.1, 0.15) is 22.8 Å². The number of hydrogen-bond acceptors (Lipinski definition) is 3. The summed E-state index contributed by atoms with van der Waals surface area (Å²) in [5.74, 6) is -0.233. The molecule has 1 amide bonds. The molecule has 1 rings (SSSR count). The fourth-order valence-corrected chi connectivity index (χ4v) is 1.27. The van der Waals surface area contributed by atoms with Crippen LogP contribution in [-0.4, -0.2) is 30.6 Å². The standard InChI is InChI=1S/C12H18N2O2/c1-8-4-5-11(15)10(6-8)12(16)14-7-9(2)13-3/h4-6,9,13,15H,7H2,1-3H3,(H,14,16). The van der Waals surface area contributed by atoms with Crippen LogP contribution >= 0.6 is 0 Å². The Labute approximate surface area is 95.7 Å². The van der Waals surface area contributed by atoms with Crippen LogP contribution in [0.4, 0.5) is 0 Å². The van der Waals surface area contributed by atoms with Gasteiger partial charge >= 0.3 is 0 Å². The third-order valence-electron chi connectivity index (χ3n) is 2.46. The maximum atomic E-state index is 11.7. The van der Waals surface area contributed by atoms with E-state index in [0.717, 1.165) is 5.56 Å². The van der Waals surface area contributed by atoms with E-state index < -0.39 is 0 Å². The van der Waals surface area contributed by atoms with Gasteiger partial charge in [0.15, 0.2) is 0 Å². The number of carbonyl (C=O) groups is 1. The SMILES string of the molecule is CNC(C)CNC(=O)c1cc(C)ccc1O. The van der Waals surface area contributed by atoms with Gasteiger partial charge in [0.25, 0.3) is 5.91 Å². The monoisotopic (exact) mass is 222 g/mol. The van der Waals surface area contributed by atoms with E-state index in [9.17, 15) is 9.90 Å². The van der Waals surface area contributed by atoms with Crippen molar-refractivity contribution in [2.45, 2.75) is 19.9 Å². The summed E-state index contributed by atoms with van der Waals surface area (Å²) in [6, 6.07) is 5.18. The number of likely N-dealkylation sites (N-methyl/N-ethyl adjacent to an activating group) is 1. The molecule has 0 saturated heterocycles. The molecule has 3 N–H and O–H groups in total. The quantitative estimate of drug-likeness (QED) is 0.713. The van der Waals surface area contributed by atoms with Crippen LogP contribution in [0.3, 0.4) is 0 Å². The van der Waals surface area contributed by atoms with E-state index in [1.165, 1.54) is 6.07 Å². The molecule has 16 heavy (non-hydrogen) atoms. The normalized spacial score (nSPS) is 12.2. The van der Waals surface area contributed by atoms with Crippen LogP contribution in [0.2, 0.25) is 0 Å². The maximum absolute atomic E-state index is 11.7. The number of nitrogens with one attached hydrogen (secondary N) is 2. The maximum Gasteiger partial charge on any atom is 0.255 e. The second-order valence-electron chi connectivity index (χ2n) is 3.92. The van der Waals surface area contributed by atoms with Crippen LogP contribution < -0.4 is 10.6 Å². The molecule has 0 aliphatic rings. The minimum Gasteiger partial charge on any atom is -0.507 e. The Bertz CT molecular complexity index is 377. The number of hydrogen-bond donors (Lipinski definition) is 3. The second kappa shape index (κ2) is 5.51. The first-order valence-corrected chi connectivity index (χ1v) is 5.29. The molecule has 1 aromatic rings. The number of aromatic hydroxyl groups is 1. The molecule has 0 radical (unpaired) electrons. The van der Waals surface area contributed by atoms with Gasteiger partial charge < -0.3 is 15.7 Å². The third kappa shape index (κ3) is 3.24. The summed E-state index contributed by atoms with van der Waals surface area (Å²) in [4.78, 5) is 11.7. The summed E-state index contributed by atoms with van der Waals surface area (Å²) in [6.07, 6.45) is 0. The van der Waals surface area contributed by atoms with Gasteiger partial charge in [-0.3, -0.25) is 4.79 Å². The molecule has 0 bridgehead atoms. The van der Waals surface area contributed by atoms with E-state index in [0.29, 0.717) is 12.1 Å². The minimum atomic E-state index is -0.247. The fourth-order valence-electron chi connectivity index (χ4n) is 1.27. The van der Waals surface area contributed by atoms with Gasteiger partial charge in [-0.05, 0) is 33.0 Å². The van der Waals surface area contributed by atoms with E-state index in [1.54, 1.807) is 12.1 Å². The lowest BCUT2D eigenvalue weighted by Gasteiger charge is -2.12. The molecule has 0 aromatic heterocycles. The number of phenolic OH excluding ortho intramolecular Hbond substituents is 1. The van der Waals surface area contributed by atoms with Crippen molar-refractivity contribution in [2.75, 3.05) is 13.6 Å². The van der Waals surface area contributed by atoms with Gasteiger partial charge in [0.05, 0.1) is 5.56 Å². The van der Waals surface area contributed by atoms with Gasteiger partial charge in [-0.15, -0.1) is 0 Å². The number of phenols is 1. The van der Waals surface area contributed by atoms with Gasteiger partial charge in [-0.1, -0.05) is 11.6 Å². The van der Waals surface area contributed by atoms with E-state index in [4.69, 9.17) is 0 Å². The molecule has 4 heteroatoms. The topological polar surface area (TPSA) is 61.4 Å². The molecule has 88 valence electrons. The summed E-state index contributed by atoms with van der Waals surface area (Å²) < 4.78 is 0. The highest BCUT2D eigenvalue weighted by Crippen LogP contribution is 2.17. The molecule has 4 nitrogen and oxygen atoms in total. The van der Waals surface area contributed by atoms with Gasteiger partial charge in [0, 0.05) is 12.6 Å². The molecule has 0 saturated carbocycles. The second-order valence-corrected chi connectivity index (χ2v) is 3.92. The highest BCUT2D eigenvalue weighted by Gasteiger charge is 2.11. The molecule has 1 aromatic carbocycles. The van der Waals surface area contributed by atoms with Crippen LogP contribution in [-0.2, 0) is 0 Å². The highest BCUT2D eigenvalue weighted by molar-refractivity contribution is 5.96. The predicted octanol–water partition coefficient (Wildman–Crippen LogP) is 1.04. The average Bonchev–Trinajstić information content (AvgIpc) is 2.28. The van der Waals surface area contributed by atoms with Crippen LogP contribution in [0.25, 0.3) is 0 Å². The van der Waals surface area contributed by atoms with Crippen molar-refractivity contribution in [1.82, 2.24) is 10.6 Å². The summed E-state index contributed by atoms with van der Waals surface area (Å²) in [6.45, 7) is 4.38. The lowest BCUT2D eigenvalue weighted by molar-refractivity contribution is 0.0948. The summed E-state index contributed by atoms with van der Waals surface area (Å²) >= 11 is 0. The van der Waals surface area contributed by atoms with Crippen LogP contribution in [0.15, 0.2) is 18.2 Å². The fraction of sp³-hybridized carbons (Fsp3) is 0.417. The number of aryl methyl sites for hydroxylation is 1. The largest absolute Gasteiger partial charge is 0.507 e. The smallest absolute Gasteiger partial charge is 0.255 e. The number of benzene rings is 1. The van der Waals surface area contributed by atoms with Crippen molar-refractivity contribution < 1.29 is 9.90 Å². The molecular weight excluding hydrogens is 204 g/mol. The van der Waals surface area contributed by atoms with Crippen molar-refractivity contribution in [3.05, 3.63) is 29.3 Å². The molecule has 0 heterocycles. The summed E-state index contributed by atoms with van der Waals surface area (Å²) in [7, 11) is 1.83. The molecule has 1 unspecified atom stereocenters. The minimum absolute atomic E-state index is 0.0141. The molecule has 0 aliphatic carbocycles. The Morgan fingerprint density at radius 1 is 1.50 bits per heavy atom. The Balaban J connectivity index is 2.69. The van der Waals surface area contributed by atoms with Crippen LogP contribution in [0.5, 0.6) is 5.75 Å². The van der Waals surface area contributed by atoms with E-state index in [-0.39, 0.29) is 17.7 Å². The number of rotatable bonds is 4. The summed E-state index contributed by atoms with van der Waals surface area (Å²) in [5, 5.41) is 15.3. The zero-order valence-corrected chi connectivity index (χ0v) is 9.87. The average molecular weight is 222 g/mol. The lowest BCUT2D eigenvalue weighted by Crippen LogP contribution is -2.37. The molecule has 0 spiro atoms. The van der Waals surface area contributed by atoms with Crippen molar-refractivity contribution in [3.8, 4) is 5.75 Å². The van der Waals surface area contributed by atoms with Gasteiger partial charge in [0.2, 0.25) is 0 Å². The number of carbonyl (C=O) groups excluding carboxylic acids is 1. The van der Waals surface area contributed by atoms with Crippen molar-refractivity contribution in [2.24, 2.45) is 0 Å². The van der Waals surface area contributed by atoms with E-state index in [1.807, 2.05) is 20.9 Å². The lowest BCUT2D eigenvalue weighted by atomic mass is 10.1. The Morgan fingerprint density at radius 2 is 2.19 bits per heavy atom. The third-order valence-corrected chi connectivity index (χ3v) is 2.46. The predicted molar refractivity (Wildman–Crippen MR) is 63.7 cm³/mol. The Kier molecular flexibility index (Phi) is 4.31. The first kappa shape index (κ1) is 12.5. The molecule has 1 atom stereocenters. The zero-order chi connectivity index (χ0) is 12.1. The van der Waals surface area contributed by atoms with Gasteiger partial charge in [-0.2, -0.15) is 0 Å². The first-order chi connectivity index (χ1) is 7.54. The van der Waals surface area contributed by atoms with Crippen LogP contribution in [0, 0.1) is 6.92 Å². The number of amides is 1. The Morgan fingerprint density at radius 3 is 2.81 bits per heavy atom. The van der Waals surface area contributed by atoms with Crippen molar-refractivity contribution in [3.63, 3.8) is 0 Å². The summed E-state index contributed by atoms with van der Waals surface area (Å²) in [5.41, 5.74) is 1.27. The van der Waals surface area contributed by atoms with Crippen molar-refractivity contribution in [1.29, 1.82) is 0 Å². The van der Waals surface area contributed by atoms with Crippen molar-refractivity contribution >= 4 is 5.91 Å². The molecule has 0 aliphatic heterocycles. The van der Waals surface area contributed by atoms with Gasteiger partial charge in [-0.25, -0.2) is 0 Å². The first-order valence-electron chi connectivity index (χ1n) is 5.29. The Hall–Kier alpha value is -1.55. The zero-order valence-electron chi connectivity index (χ0n) is 9.87. The highest BCUT2D eigenvalue weighted by atomic mass is 16.3. The van der Waals surface area contributed by atoms with Gasteiger partial charge in [0.1, 0.15) is 5.75 Å². The molecule has 0 fully saturated rings. The van der Waals surface area contributed by atoms with E-state index in [2.05, 4.69) is 10.6 Å².